The molecule has 0 spiro atoms. The number of likely N-dealkylation sites (tertiary alicyclic amines) is 1. The second-order valence-electron chi connectivity index (χ2n) is 8.95. The number of aryl methyl sites for hydroxylation is 1. The molecule has 3 aromatic rings. The summed E-state index contributed by atoms with van der Waals surface area (Å²) in [6, 6.07) is 8.26. The van der Waals surface area contributed by atoms with E-state index in [1.807, 2.05) is 12.3 Å². The van der Waals surface area contributed by atoms with Crippen molar-refractivity contribution in [1.82, 2.24) is 14.9 Å². The Bertz CT molecular complexity index is 1100. The number of aromatic nitrogens is 2. The number of benzene rings is 1. The molecule has 2 aliphatic rings. The van der Waals surface area contributed by atoms with Gasteiger partial charge < -0.3 is 14.8 Å². The summed E-state index contributed by atoms with van der Waals surface area (Å²) in [5.74, 6) is -0.315. The molecular weight excluding hydrogens is 390 g/mol. The van der Waals surface area contributed by atoms with Gasteiger partial charge in [-0.3, -0.25) is 4.90 Å². The van der Waals surface area contributed by atoms with Gasteiger partial charge in [-0.2, -0.15) is 0 Å². The summed E-state index contributed by atoms with van der Waals surface area (Å²) in [4.78, 5) is 21.4. The van der Waals surface area contributed by atoms with Crippen LogP contribution in [-0.2, 0) is 11.3 Å². The average Bonchev–Trinajstić information content (AvgIpc) is 3.51. The Morgan fingerprint density at radius 3 is 2.81 bits per heavy atom. The molecule has 1 aromatic carbocycles. The summed E-state index contributed by atoms with van der Waals surface area (Å²) < 4.78 is 5.70. The van der Waals surface area contributed by atoms with E-state index >= 15 is 0 Å². The second-order valence-corrected chi connectivity index (χ2v) is 8.95. The number of hydrogen-bond donors (Lipinski definition) is 2. The first-order valence-electron chi connectivity index (χ1n) is 11.1. The van der Waals surface area contributed by atoms with E-state index in [1.54, 1.807) is 19.4 Å². The maximum Gasteiger partial charge on any atom is 0.354 e. The number of pyridine rings is 1. The van der Waals surface area contributed by atoms with Gasteiger partial charge in [0.25, 0.3) is 0 Å². The predicted molar refractivity (Wildman–Crippen MR) is 119 cm³/mol. The average molecular weight is 420 g/mol. The molecule has 0 amide bonds. The number of ether oxygens (including phenoxy) is 1. The van der Waals surface area contributed by atoms with Crippen molar-refractivity contribution < 1.29 is 14.6 Å². The Balaban J connectivity index is 1.51. The van der Waals surface area contributed by atoms with Crippen molar-refractivity contribution in [3.63, 3.8) is 0 Å². The maximum atomic E-state index is 11.2. The van der Waals surface area contributed by atoms with E-state index in [-0.39, 0.29) is 17.8 Å². The Kier molecular flexibility index (Phi) is 5.28. The van der Waals surface area contributed by atoms with Gasteiger partial charge >= 0.3 is 5.97 Å². The van der Waals surface area contributed by atoms with Crippen LogP contribution in [0.15, 0.2) is 36.7 Å². The van der Waals surface area contributed by atoms with Gasteiger partial charge in [0.1, 0.15) is 5.69 Å². The highest BCUT2D eigenvalue weighted by molar-refractivity contribution is 5.87. The molecule has 2 fully saturated rings. The van der Waals surface area contributed by atoms with Crippen LogP contribution in [0.5, 0.6) is 0 Å². The van der Waals surface area contributed by atoms with Crippen LogP contribution in [0.25, 0.3) is 10.9 Å². The standard InChI is InChI=1S/C25H29N3O3/c1-15-11-20(16-3-4-16)21(19-7-9-26-24(15)19)14-28-10-8-18(31-2)12-23(28)17-5-6-22(25(29)30)27-13-17/h5-7,9,11,13,16,18,23,26H,3-4,8,10,12,14H2,1-2H3,(H,29,30). The number of nitrogens with zero attached hydrogens (tertiary/aromatic N) is 2. The smallest absolute Gasteiger partial charge is 0.354 e. The molecule has 1 aliphatic carbocycles. The van der Waals surface area contributed by atoms with E-state index in [0.29, 0.717) is 5.92 Å². The maximum absolute atomic E-state index is 11.2. The fourth-order valence-electron chi connectivity index (χ4n) is 5.09. The minimum atomic E-state index is -0.995. The highest BCUT2D eigenvalue weighted by atomic mass is 16.5. The van der Waals surface area contributed by atoms with Crippen LogP contribution >= 0.6 is 0 Å². The van der Waals surface area contributed by atoms with Crippen molar-refractivity contribution in [1.29, 1.82) is 0 Å². The summed E-state index contributed by atoms with van der Waals surface area (Å²) in [6.45, 7) is 4.01. The molecule has 1 saturated heterocycles. The van der Waals surface area contributed by atoms with Crippen molar-refractivity contribution in [2.24, 2.45) is 0 Å². The first-order chi connectivity index (χ1) is 15.0. The van der Waals surface area contributed by atoms with Crippen LogP contribution in [-0.4, -0.2) is 45.7 Å². The van der Waals surface area contributed by atoms with Gasteiger partial charge in [0.2, 0.25) is 0 Å². The number of carbonyl (C=O) groups is 1. The lowest BCUT2D eigenvalue weighted by Gasteiger charge is -2.39. The molecule has 5 rings (SSSR count). The SMILES string of the molecule is COC1CCN(Cc2c(C3CC3)cc(C)c3[nH]ccc23)C(c2ccc(C(=O)O)nc2)C1. The third-order valence-corrected chi connectivity index (χ3v) is 6.95. The molecular formula is C25H29N3O3. The molecule has 2 N–H and O–H groups in total. The van der Waals surface area contributed by atoms with Crippen LogP contribution in [0, 0.1) is 6.92 Å². The van der Waals surface area contributed by atoms with Gasteiger partial charge in [-0.25, -0.2) is 9.78 Å². The number of aromatic carboxylic acids is 1. The van der Waals surface area contributed by atoms with Gasteiger partial charge in [-0.05, 0) is 72.9 Å². The van der Waals surface area contributed by atoms with E-state index in [4.69, 9.17) is 4.74 Å². The number of nitrogens with one attached hydrogen (secondary N) is 1. The van der Waals surface area contributed by atoms with E-state index in [1.165, 1.54) is 40.4 Å². The van der Waals surface area contributed by atoms with Crippen LogP contribution in [0.2, 0.25) is 0 Å². The number of piperidine rings is 1. The Morgan fingerprint density at radius 1 is 1.29 bits per heavy atom. The minimum absolute atomic E-state index is 0.0815. The largest absolute Gasteiger partial charge is 0.477 e. The molecule has 1 saturated carbocycles. The molecule has 6 nitrogen and oxygen atoms in total. The Hall–Kier alpha value is -2.70. The van der Waals surface area contributed by atoms with E-state index in [2.05, 4.69) is 33.9 Å². The van der Waals surface area contributed by atoms with Gasteiger partial charge in [0.15, 0.2) is 0 Å². The summed E-state index contributed by atoms with van der Waals surface area (Å²) in [5, 5.41) is 10.5. The zero-order chi connectivity index (χ0) is 21.5. The van der Waals surface area contributed by atoms with Crippen molar-refractivity contribution in [2.45, 2.75) is 57.2 Å². The van der Waals surface area contributed by atoms with E-state index < -0.39 is 5.97 Å². The number of carboxylic acid groups (broad SMARTS) is 1. The Labute approximate surface area is 182 Å². The second kappa shape index (κ2) is 8.09. The first kappa shape index (κ1) is 20.2. The lowest BCUT2D eigenvalue weighted by Crippen LogP contribution is -2.39. The minimum Gasteiger partial charge on any atom is -0.477 e. The third-order valence-electron chi connectivity index (χ3n) is 6.95. The molecule has 2 aromatic heterocycles. The molecule has 0 radical (unpaired) electrons. The molecule has 2 unspecified atom stereocenters. The van der Waals surface area contributed by atoms with Crippen molar-refractivity contribution in [3.05, 3.63) is 64.6 Å². The molecule has 3 heterocycles. The predicted octanol–water partition coefficient (Wildman–Crippen LogP) is 4.80. The number of H-pyrrole nitrogens is 1. The van der Waals surface area contributed by atoms with Gasteiger partial charge in [0, 0.05) is 49.5 Å². The van der Waals surface area contributed by atoms with Crippen molar-refractivity contribution in [2.75, 3.05) is 13.7 Å². The molecule has 31 heavy (non-hydrogen) atoms. The number of carboxylic acids is 1. The highest BCUT2D eigenvalue weighted by Crippen LogP contribution is 2.45. The molecule has 2 atom stereocenters. The first-order valence-corrected chi connectivity index (χ1v) is 11.1. The monoisotopic (exact) mass is 419 g/mol. The van der Waals surface area contributed by atoms with Gasteiger partial charge in [-0.15, -0.1) is 0 Å². The van der Waals surface area contributed by atoms with Crippen molar-refractivity contribution in [3.8, 4) is 0 Å². The number of hydrogen-bond acceptors (Lipinski definition) is 4. The number of fused-ring (bicyclic) bond motifs is 1. The fourth-order valence-corrected chi connectivity index (χ4v) is 5.09. The molecule has 1 aliphatic heterocycles. The van der Waals surface area contributed by atoms with Crippen LogP contribution in [0.3, 0.4) is 0 Å². The normalized spacial score (nSPS) is 22.1. The summed E-state index contributed by atoms with van der Waals surface area (Å²) in [7, 11) is 1.78. The van der Waals surface area contributed by atoms with Crippen LogP contribution in [0.4, 0.5) is 0 Å². The number of methoxy groups -OCH3 is 1. The summed E-state index contributed by atoms with van der Waals surface area (Å²) in [5.41, 5.74) is 6.61. The van der Waals surface area contributed by atoms with Crippen LogP contribution in [0.1, 0.15) is 70.4 Å². The third kappa shape index (κ3) is 3.86. The fraction of sp³-hybridized carbons (Fsp3) is 0.440. The molecule has 0 bridgehead atoms. The number of rotatable bonds is 6. The topological polar surface area (TPSA) is 78.5 Å². The van der Waals surface area contributed by atoms with E-state index in [9.17, 15) is 9.90 Å². The van der Waals surface area contributed by atoms with E-state index in [0.717, 1.165) is 31.5 Å². The molecule has 6 heteroatoms. The van der Waals surface area contributed by atoms with Gasteiger partial charge in [0.05, 0.1) is 6.10 Å². The lowest BCUT2D eigenvalue weighted by atomic mass is 9.91. The van der Waals surface area contributed by atoms with Crippen LogP contribution < -0.4 is 0 Å². The van der Waals surface area contributed by atoms with Crippen molar-refractivity contribution >= 4 is 16.9 Å². The highest BCUT2D eigenvalue weighted by Gasteiger charge is 2.33. The quantitative estimate of drug-likeness (QED) is 0.600. The lowest BCUT2D eigenvalue weighted by molar-refractivity contribution is 0.00678. The molecule has 162 valence electrons. The summed E-state index contributed by atoms with van der Waals surface area (Å²) in [6.07, 6.45) is 8.40. The Morgan fingerprint density at radius 2 is 2.13 bits per heavy atom. The zero-order valence-corrected chi connectivity index (χ0v) is 18.1. The number of aromatic amines is 1. The summed E-state index contributed by atoms with van der Waals surface area (Å²) >= 11 is 0. The zero-order valence-electron chi connectivity index (χ0n) is 18.1. The van der Waals surface area contributed by atoms with Gasteiger partial charge in [-0.1, -0.05) is 12.1 Å².